The number of aromatic hydroxyl groups is 2. The summed E-state index contributed by atoms with van der Waals surface area (Å²) >= 11 is 0. The zero-order chi connectivity index (χ0) is 28.4. The van der Waals surface area contributed by atoms with Crippen LogP contribution < -0.4 is 0 Å². The lowest BCUT2D eigenvalue weighted by atomic mass is 9.75. The average molecular weight is 549 g/mol. The van der Waals surface area contributed by atoms with E-state index in [2.05, 4.69) is 9.97 Å². The van der Waals surface area contributed by atoms with Crippen molar-refractivity contribution in [1.29, 1.82) is 0 Å². The molecule has 3 heterocycles. The zero-order valence-electron chi connectivity index (χ0n) is 22.3. The number of fused-ring (bicyclic) bond motifs is 3. The topological polar surface area (TPSA) is 98.3 Å². The minimum absolute atomic E-state index is 0.0953. The number of aromatic nitrogens is 2. The number of esters is 1. The first kappa shape index (κ1) is 24.1. The molecule has 0 aliphatic carbocycles. The van der Waals surface area contributed by atoms with E-state index >= 15 is 0 Å². The van der Waals surface area contributed by atoms with Gasteiger partial charge >= 0.3 is 5.97 Å². The third kappa shape index (κ3) is 3.23. The van der Waals surface area contributed by atoms with E-state index in [0.717, 1.165) is 21.8 Å². The van der Waals surface area contributed by atoms with Crippen molar-refractivity contribution in [1.82, 2.24) is 9.97 Å². The molecule has 0 radical (unpaired) electrons. The van der Waals surface area contributed by atoms with Gasteiger partial charge in [0.1, 0.15) is 11.5 Å². The standard InChI is InChI=1S/C36H24N2O4/c39-29-19-9-4-14-24(29)33-31(22-12-2-7-17-27(22)37-33)36(26-16-6-1-11-21(26)35(41)42-36)32-23-13-3-8-18-28(23)38-34(32)25-15-5-10-20-30(25)40/h1-20,37-40H. The Bertz CT molecular complexity index is 2070. The molecule has 6 heteroatoms. The van der Waals surface area contributed by atoms with Gasteiger partial charge in [0.25, 0.3) is 0 Å². The van der Waals surface area contributed by atoms with E-state index in [1.165, 1.54) is 0 Å². The van der Waals surface area contributed by atoms with Crippen LogP contribution in [0.5, 0.6) is 11.5 Å². The van der Waals surface area contributed by atoms with Crippen LogP contribution in [0.1, 0.15) is 27.0 Å². The number of H-pyrrole nitrogens is 2. The number of benzene rings is 5. The molecule has 0 spiro atoms. The molecule has 7 aromatic rings. The molecule has 0 unspecified atom stereocenters. The average Bonchev–Trinajstić information content (AvgIpc) is 3.68. The zero-order valence-corrected chi connectivity index (χ0v) is 22.3. The Morgan fingerprint density at radius 3 is 1.48 bits per heavy atom. The molecule has 42 heavy (non-hydrogen) atoms. The summed E-state index contributed by atoms with van der Waals surface area (Å²) in [7, 11) is 0. The molecule has 1 aliphatic rings. The van der Waals surface area contributed by atoms with Crippen LogP contribution in [0.15, 0.2) is 121 Å². The quantitative estimate of drug-likeness (QED) is 0.168. The number of carbonyl (C=O) groups excluding carboxylic acids is 1. The Balaban J connectivity index is 1.61. The summed E-state index contributed by atoms with van der Waals surface area (Å²) in [5, 5.41) is 23.9. The lowest BCUT2D eigenvalue weighted by molar-refractivity contribution is 0.0263. The second kappa shape index (κ2) is 8.88. The number of nitrogens with one attached hydrogen (secondary N) is 2. The molecular weight excluding hydrogens is 524 g/mol. The van der Waals surface area contributed by atoms with Gasteiger partial charge < -0.3 is 24.9 Å². The Labute approximate surface area is 240 Å². The van der Waals surface area contributed by atoms with Crippen LogP contribution in [-0.2, 0) is 10.3 Å². The van der Waals surface area contributed by atoms with Crippen molar-refractivity contribution < 1.29 is 19.7 Å². The summed E-state index contributed by atoms with van der Waals surface area (Å²) < 4.78 is 6.69. The van der Waals surface area contributed by atoms with Gasteiger partial charge in [0, 0.05) is 49.6 Å². The number of rotatable bonds is 4. The molecule has 5 aromatic carbocycles. The fraction of sp³-hybridized carbons (Fsp3) is 0.0278. The maximum atomic E-state index is 13.8. The summed E-state index contributed by atoms with van der Waals surface area (Å²) in [5.41, 5.74) is 5.14. The van der Waals surface area contributed by atoms with Crippen LogP contribution in [-0.4, -0.2) is 26.2 Å². The number of ether oxygens (including phenoxy) is 1. The van der Waals surface area contributed by atoms with Crippen molar-refractivity contribution >= 4 is 27.8 Å². The van der Waals surface area contributed by atoms with E-state index in [1.54, 1.807) is 30.3 Å². The van der Waals surface area contributed by atoms with Crippen molar-refractivity contribution in [3.05, 3.63) is 144 Å². The van der Waals surface area contributed by atoms with Crippen molar-refractivity contribution in [2.75, 3.05) is 0 Å². The molecule has 0 amide bonds. The lowest BCUT2D eigenvalue weighted by Crippen LogP contribution is -2.30. The highest BCUT2D eigenvalue weighted by molar-refractivity contribution is 6.04. The highest BCUT2D eigenvalue weighted by atomic mass is 16.6. The maximum Gasteiger partial charge on any atom is 0.340 e. The second-order valence-electron chi connectivity index (χ2n) is 10.5. The second-order valence-corrected chi connectivity index (χ2v) is 10.5. The summed E-state index contributed by atoms with van der Waals surface area (Å²) in [4.78, 5) is 20.9. The van der Waals surface area contributed by atoms with Crippen LogP contribution >= 0.6 is 0 Å². The number of phenols is 2. The number of cyclic esters (lactones) is 1. The normalized spacial score (nSPS) is 13.9. The van der Waals surface area contributed by atoms with Gasteiger partial charge in [0.15, 0.2) is 5.60 Å². The highest BCUT2D eigenvalue weighted by Crippen LogP contribution is 2.56. The summed E-state index contributed by atoms with van der Waals surface area (Å²) in [6, 6.07) is 37.4. The van der Waals surface area contributed by atoms with E-state index in [9.17, 15) is 15.0 Å². The van der Waals surface area contributed by atoms with Crippen LogP contribution in [0.3, 0.4) is 0 Å². The Morgan fingerprint density at radius 1 is 0.524 bits per heavy atom. The number of phenolic OH excluding ortho intramolecular Hbond substituents is 2. The number of hydrogen-bond acceptors (Lipinski definition) is 4. The fourth-order valence-corrected chi connectivity index (χ4v) is 6.50. The Kier molecular flexibility index (Phi) is 5.09. The van der Waals surface area contributed by atoms with Crippen molar-refractivity contribution in [2.45, 2.75) is 5.60 Å². The van der Waals surface area contributed by atoms with Gasteiger partial charge in [-0.15, -0.1) is 0 Å². The number of hydrogen-bond donors (Lipinski definition) is 4. The molecule has 0 atom stereocenters. The molecule has 4 N–H and O–H groups in total. The van der Waals surface area contributed by atoms with Gasteiger partial charge in [0.2, 0.25) is 0 Å². The minimum Gasteiger partial charge on any atom is -0.507 e. The van der Waals surface area contributed by atoms with Crippen LogP contribution in [0.25, 0.3) is 44.3 Å². The van der Waals surface area contributed by atoms with Gasteiger partial charge in [-0.05, 0) is 42.5 Å². The minimum atomic E-state index is -1.46. The number of aromatic amines is 2. The van der Waals surface area contributed by atoms with E-state index in [-0.39, 0.29) is 11.5 Å². The fourth-order valence-electron chi connectivity index (χ4n) is 6.50. The summed E-state index contributed by atoms with van der Waals surface area (Å²) in [6.07, 6.45) is 0. The van der Waals surface area contributed by atoms with E-state index in [0.29, 0.717) is 44.8 Å². The van der Waals surface area contributed by atoms with Gasteiger partial charge in [-0.3, -0.25) is 0 Å². The van der Waals surface area contributed by atoms with E-state index in [1.807, 2.05) is 91.0 Å². The molecule has 0 fully saturated rings. The first-order chi connectivity index (χ1) is 20.6. The predicted molar refractivity (Wildman–Crippen MR) is 163 cm³/mol. The summed E-state index contributed by atoms with van der Waals surface area (Å²) in [6.45, 7) is 0. The largest absolute Gasteiger partial charge is 0.507 e. The van der Waals surface area contributed by atoms with Gasteiger partial charge in [-0.1, -0.05) is 78.9 Å². The predicted octanol–water partition coefficient (Wildman–Crippen LogP) is 7.86. The van der Waals surface area contributed by atoms with Crippen LogP contribution in [0.4, 0.5) is 0 Å². The van der Waals surface area contributed by atoms with Crippen molar-refractivity contribution in [3.8, 4) is 34.0 Å². The van der Waals surface area contributed by atoms with Gasteiger partial charge in [-0.2, -0.15) is 0 Å². The molecule has 0 bridgehead atoms. The van der Waals surface area contributed by atoms with Gasteiger partial charge in [-0.25, -0.2) is 4.79 Å². The van der Waals surface area contributed by atoms with E-state index < -0.39 is 11.6 Å². The molecule has 0 saturated heterocycles. The monoisotopic (exact) mass is 548 g/mol. The lowest BCUT2D eigenvalue weighted by Gasteiger charge is -2.32. The Morgan fingerprint density at radius 2 is 0.952 bits per heavy atom. The van der Waals surface area contributed by atoms with Crippen molar-refractivity contribution in [3.63, 3.8) is 0 Å². The van der Waals surface area contributed by atoms with Crippen LogP contribution in [0.2, 0.25) is 0 Å². The van der Waals surface area contributed by atoms with Gasteiger partial charge in [0.05, 0.1) is 17.0 Å². The number of carbonyl (C=O) groups is 1. The third-order valence-corrected chi connectivity index (χ3v) is 8.24. The molecule has 8 rings (SSSR count). The third-order valence-electron chi connectivity index (χ3n) is 8.24. The van der Waals surface area contributed by atoms with Crippen LogP contribution in [0, 0.1) is 0 Å². The summed E-state index contributed by atoms with van der Waals surface area (Å²) in [5.74, 6) is -0.261. The molecule has 1 aliphatic heterocycles. The Hall–Kier alpha value is -5.75. The SMILES string of the molecule is O=C1OC(c2c(-c3ccccc3O)[nH]c3ccccc23)(c2c(-c3ccccc3O)[nH]c3ccccc23)c2ccccc21. The molecular formula is C36H24N2O4. The molecule has 2 aromatic heterocycles. The molecule has 6 nitrogen and oxygen atoms in total. The molecule has 202 valence electrons. The molecule has 0 saturated carbocycles. The number of para-hydroxylation sites is 4. The maximum absolute atomic E-state index is 13.8. The first-order valence-corrected chi connectivity index (χ1v) is 13.7. The highest BCUT2D eigenvalue weighted by Gasteiger charge is 2.53. The smallest absolute Gasteiger partial charge is 0.340 e. The first-order valence-electron chi connectivity index (χ1n) is 13.7. The van der Waals surface area contributed by atoms with Crippen molar-refractivity contribution in [2.24, 2.45) is 0 Å². The van der Waals surface area contributed by atoms with E-state index in [4.69, 9.17) is 4.74 Å².